The first-order chi connectivity index (χ1) is 8.34. The molecule has 0 saturated carbocycles. The highest BCUT2D eigenvalue weighted by Gasteiger charge is 2.30. The Morgan fingerprint density at radius 3 is 2.47 bits per heavy atom. The molecule has 3 heteroatoms. The topological polar surface area (TPSA) is 38.3 Å². The average molecular weight is 225 g/mol. The molecule has 1 aliphatic heterocycles. The number of ether oxygens (including phenoxy) is 1. The maximum absolute atomic E-state index is 11.6. The van der Waals surface area contributed by atoms with Gasteiger partial charge in [-0.2, -0.15) is 0 Å². The van der Waals surface area contributed by atoms with Crippen LogP contribution in [0.25, 0.3) is 0 Å². The van der Waals surface area contributed by atoms with Crippen molar-refractivity contribution in [3.63, 3.8) is 0 Å². The highest BCUT2D eigenvalue weighted by atomic mass is 16.6. The van der Waals surface area contributed by atoms with E-state index in [1.807, 2.05) is 48.5 Å². The molecule has 17 heavy (non-hydrogen) atoms. The van der Waals surface area contributed by atoms with E-state index in [-0.39, 0.29) is 12.2 Å². The molecule has 0 amide bonds. The van der Waals surface area contributed by atoms with Crippen molar-refractivity contribution >= 4 is 11.7 Å². The summed E-state index contributed by atoms with van der Waals surface area (Å²) in [7, 11) is 0. The third-order valence-electron chi connectivity index (χ3n) is 2.76. The molecule has 0 aliphatic carbocycles. The number of cyclic esters (lactones) is 1. The smallest absolute Gasteiger partial charge is 0.340 e. The first-order valence-electron chi connectivity index (χ1n) is 5.46. The van der Waals surface area contributed by atoms with Crippen LogP contribution < -0.4 is 5.32 Å². The van der Waals surface area contributed by atoms with Gasteiger partial charge in [-0.1, -0.05) is 36.4 Å². The van der Waals surface area contributed by atoms with Crippen LogP contribution in [0.4, 0.5) is 5.69 Å². The molecule has 0 radical (unpaired) electrons. The van der Waals surface area contributed by atoms with E-state index in [9.17, 15) is 4.79 Å². The maximum Gasteiger partial charge on any atom is 0.340 e. The second kappa shape index (κ2) is 3.94. The Morgan fingerprint density at radius 2 is 1.65 bits per heavy atom. The molecule has 1 atom stereocenters. The zero-order valence-electron chi connectivity index (χ0n) is 9.09. The zero-order chi connectivity index (χ0) is 11.7. The number of anilines is 1. The lowest BCUT2D eigenvalue weighted by molar-refractivity contribution is 0.0437. The minimum absolute atomic E-state index is 0.269. The fraction of sp³-hybridized carbons (Fsp3) is 0.0714. The summed E-state index contributed by atoms with van der Waals surface area (Å²) in [5.41, 5.74) is 2.46. The van der Waals surface area contributed by atoms with Crippen molar-refractivity contribution in [2.24, 2.45) is 0 Å². The maximum atomic E-state index is 11.6. The summed E-state index contributed by atoms with van der Waals surface area (Å²) in [6.45, 7) is 0. The van der Waals surface area contributed by atoms with Crippen molar-refractivity contribution in [3.05, 3.63) is 65.7 Å². The summed E-state index contributed by atoms with van der Waals surface area (Å²) in [5.74, 6) is -0.269. The van der Waals surface area contributed by atoms with Crippen molar-refractivity contribution < 1.29 is 9.53 Å². The Labute approximate surface area is 99.0 Å². The van der Waals surface area contributed by atoms with Gasteiger partial charge in [0, 0.05) is 11.3 Å². The molecule has 0 aromatic heterocycles. The van der Waals surface area contributed by atoms with Gasteiger partial charge < -0.3 is 10.1 Å². The molecule has 2 aromatic rings. The minimum Gasteiger partial charge on any atom is -0.434 e. The van der Waals surface area contributed by atoms with Gasteiger partial charge in [-0.25, -0.2) is 4.79 Å². The van der Waals surface area contributed by atoms with Gasteiger partial charge in [0.15, 0.2) is 0 Å². The van der Waals surface area contributed by atoms with Crippen molar-refractivity contribution in [2.75, 3.05) is 5.32 Å². The van der Waals surface area contributed by atoms with Crippen LogP contribution >= 0.6 is 0 Å². The quantitative estimate of drug-likeness (QED) is 0.798. The van der Waals surface area contributed by atoms with Crippen molar-refractivity contribution in [3.8, 4) is 0 Å². The predicted octanol–water partition coefficient (Wildman–Crippen LogP) is 2.97. The number of para-hydroxylation sites is 1. The summed E-state index contributed by atoms with van der Waals surface area (Å²) in [4.78, 5) is 11.6. The molecule has 1 heterocycles. The molecule has 0 bridgehead atoms. The zero-order valence-corrected chi connectivity index (χ0v) is 9.09. The summed E-state index contributed by atoms with van der Waals surface area (Å²) in [6, 6.07) is 17.1. The van der Waals surface area contributed by atoms with E-state index in [0.717, 1.165) is 11.3 Å². The van der Waals surface area contributed by atoms with Gasteiger partial charge in [0.2, 0.25) is 6.23 Å². The van der Waals surface area contributed by atoms with Gasteiger partial charge in [0.1, 0.15) is 0 Å². The number of hydrogen-bond acceptors (Lipinski definition) is 3. The number of hydrogen-bond donors (Lipinski definition) is 1. The number of esters is 1. The largest absolute Gasteiger partial charge is 0.434 e. The first-order valence-corrected chi connectivity index (χ1v) is 5.46. The fourth-order valence-corrected chi connectivity index (χ4v) is 1.94. The Balaban J connectivity index is 1.90. The third kappa shape index (κ3) is 1.76. The van der Waals surface area contributed by atoms with Crippen molar-refractivity contribution in [1.29, 1.82) is 0 Å². The third-order valence-corrected chi connectivity index (χ3v) is 2.76. The van der Waals surface area contributed by atoms with Crippen LogP contribution in [0, 0.1) is 0 Å². The normalized spacial score (nSPS) is 17.4. The van der Waals surface area contributed by atoms with E-state index in [1.54, 1.807) is 6.07 Å². The number of carbonyl (C=O) groups is 1. The minimum atomic E-state index is -0.388. The molecule has 3 rings (SSSR count). The number of rotatable bonds is 2. The molecule has 0 fully saturated rings. The van der Waals surface area contributed by atoms with Gasteiger partial charge in [0.05, 0.1) is 5.56 Å². The first kappa shape index (κ1) is 9.90. The molecular formula is C14H11NO2. The highest BCUT2D eigenvalue weighted by molar-refractivity contribution is 5.94. The van der Waals surface area contributed by atoms with E-state index >= 15 is 0 Å². The van der Waals surface area contributed by atoms with Crippen LogP contribution in [0.1, 0.15) is 22.1 Å². The predicted molar refractivity (Wildman–Crippen MR) is 64.7 cm³/mol. The van der Waals surface area contributed by atoms with Crippen LogP contribution in [0.5, 0.6) is 0 Å². The van der Waals surface area contributed by atoms with Crippen LogP contribution in [0.15, 0.2) is 54.6 Å². The van der Waals surface area contributed by atoms with Gasteiger partial charge in [0.25, 0.3) is 0 Å². The van der Waals surface area contributed by atoms with Crippen LogP contribution in [0.2, 0.25) is 0 Å². The lowest BCUT2D eigenvalue weighted by Crippen LogP contribution is -2.09. The Morgan fingerprint density at radius 1 is 0.941 bits per heavy atom. The van der Waals surface area contributed by atoms with Gasteiger partial charge in [-0.15, -0.1) is 0 Å². The molecule has 2 aromatic carbocycles. The van der Waals surface area contributed by atoms with Crippen LogP contribution in [0.3, 0.4) is 0 Å². The summed E-state index contributed by atoms with van der Waals surface area (Å²) < 4.78 is 5.29. The van der Waals surface area contributed by atoms with E-state index < -0.39 is 0 Å². The van der Waals surface area contributed by atoms with Gasteiger partial charge in [-0.3, -0.25) is 0 Å². The molecule has 3 nitrogen and oxygen atoms in total. The van der Waals surface area contributed by atoms with Crippen LogP contribution in [-0.2, 0) is 4.74 Å². The number of nitrogens with one attached hydrogen (secondary N) is 1. The molecular weight excluding hydrogens is 214 g/mol. The van der Waals surface area contributed by atoms with E-state index in [4.69, 9.17) is 4.74 Å². The summed E-state index contributed by atoms with van der Waals surface area (Å²) in [5, 5.41) is 3.18. The van der Waals surface area contributed by atoms with E-state index in [1.165, 1.54) is 0 Å². The molecule has 1 aliphatic rings. The molecule has 0 saturated heterocycles. The standard InChI is InChI=1S/C14H11NO2/c16-14-12-9-5-4-8-11(12)13(17-14)15-10-6-2-1-3-7-10/h1-9,13,15H. The summed E-state index contributed by atoms with van der Waals surface area (Å²) in [6.07, 6.45) is -0.388. The monoisotopic (exact) mass is 225 g/mol. The number of carbonyl (C=O) groups excluding carboxylic acids is 1. The number of benzene rings is 2. The van der Waals surface area contributed by atoms with E-state index in [2.05, 4.69) is 5.32 Å². The van der Waals surface area contributed by atoms with Crippen molar-refractivity contribution in [1.82, 2.24) is 0 Å². The Kier molecular flexibility index (Phi) is 2.29. The van der Waals surface area contributed by atoms with Crippen LogP contribution in [-0.4, -0.2) is 5.97 Å². The van der Waals surface area contributed by atoms with Gasteiger partial charge >= 0.3 is 5.97 Å². The summed E-state index contributed by atoms with van der Waals surface area (Å²) >= 11 is 0. The molecule has 0 spiro atoms. The molecule has 1 unspecified atom stereocenters. The molecule has 84 valence electrons. The van der Waals surface area contributed by atoms with Crippen molar-refractivity contribution in [2.45, 2.75) is 6.23 Å². The average Bonchev–Trinajstić information content (AvgIpc) is 2.69. The fourth-order valence-electron chi connectivity index (χ4n) is 1.94. The second-order valence-electron chi connectivity index (χ2n) is 3.88. The second-order valence-corrected chi connectivity index (χ2v) is 3.88. The number of fused-ring (bicyclic) bond motifs is 1. The lowest BCUT2D eigenvalue weighted by atomic mass is 10.1. The highest BCUT2D eigenvalue weighted by Crippen LogP contribution is 2.30. The van der Waals surface area contributed by atoms with Gasteiger partial charge in [-0.05, 0) is 18.2 Å². The Hall–Kier alpha value is -2.29. The SMILES string of the molecule is O=C1OC(Nc2ccccc2)c2ccccc21. The van der Waals surface area contributed by atoms with E-state index in [0.29, 0.717) is 5.56 Å². The lowest BCUT2D eigenvalue weighted by Gasteiger charge is -2.13. The Bertz CT molecular complexity index is 551. The molecule has 1 N–H and O–H groups in total.